The molecule has 0 heterocycles. The second-order valence-electron chi connectivity index (χ2n) is 4.00. The van der Waals surface area contributed by atoms with Gasteiger partial charge in [-0.1, -0.05) is 12.1 Å². The standard InChI is InChI=1S/C9H8O4.C4H9NO3/c1-6(10)13-8-5-3-2-4-7(8)9(11)12;1-2(6)3(5)4(7)8/h2-5H,1H3,(H,11,12);2-3,6H,5H2,1H3,(H,7,8)/t;2-,3+/m.1/s1. The van der Waals surface area contributed by atoms with E-state index >= 15 is 0 Å². The lowest BCUT2D eigenvalue weighted by molar-refractivity contribution is -0.141. The van der Waals surface area contributed by atoms with Gasteiger partial charge in [-0.2, -0.15) is 0 Å². The Morgan fingerprint density at radius 1 is 1.19 bits per heavy atom. The monoisotopic (exact) mass is 299 g/mol. The molecule has 0 bridgehead atoms. The highest BCUT2D eigenvalue weighted by Gasteiger charge is 2.16. The Hall–Kier alpha value is -2.45. The van der Waals surface area contributed by atoms with Gasteiger partial charge in [0, 0.05) is 6.92 Å². The van der Waals surface area contributed by atoms with E-state index in [2.05, 4.69) is 4.74 Å². The minimum atomic E-state index is -1.18. The summed E-state index contributed by atoms with van der Waals surface area (Å²) in [7, 11) is 0. The van der Waals surface area contributed by atoms with Crippen molar-refractivity contribution in [1.82, 2.24) is 0 Å². The number of carbonyl (C=O) groups excluding carboxylic acids is 1. The highest BCUT2D eigenvalue weighted by molar-refractivity contribution is 5.91. The van der Waals surface area contributed by atoms with E-state index in [1.807, 2.05) is 0 Å². The highest BCUT2D eigenvalue weighted by Crippen LogP contribution is 2.17. The predicted octanol–water partition coefficient (Wildman–Crippen LogP) is 0.0892. The van der Waals surface area contributed by atoms with Crippen LogP contribution in [-0.4, -0.2) is 45.4 Å². The summed E-state index contributed by atoms with van der Waals surface area (Å²) < 4.78 is 4.69. The normalized spacial score (nSPS) is 12.4. The first-order valence-corrected chi connectivity index (χ1v) is 5.84. The van der Waals surface area contributed by atoms with Crippen molar-refractivity contribution in [1.29, 1.82) is 0 Å². The van der Waals surface area contributed by atoms with Crippen LogP contribution in [0.5, 0.6) is 5.75 Å². The third-order valence-corrected chi connectivity index (χ3v) is 2.18. The summed E-state index contributed by atoms with van der Waals surface area (Å²) in [5, 5.41) is 25.2. The molecule has 0 aliphatic rings. The third kappa shape index (κ3) is 7.04. The summed E-state index contributed by atoms with van der Waals surface area (Å²) >= 11 is 0. The molecule has 0 amide bonds. The molecule has 116 valence electrons. The molecule has 1 rings (SSSR count). The molecule has 0 aliphatic heterocycles. The average Bonchev–Trinajstić information content (AvgIpc) is 2.37. The first-order valence-electron chi connectivity index (χ1n) is 5.84. The Bertz CT molecular complexity index is 513. The van der Waals surface area contributed by atoms with E-state index in [1.165, 1.54) is 26.0 Å². The number of aliphatic hydroxyl groups is 1. The zero-order valence-electron chi connectivity index (χ0n) is 11.5. The second-order valence-corrected chi connectivity index (χ2v) is 4.00. The minimum Gasteiger partial charge on any atom is -0.480 e. The molecule has 5 N–H and O–H groups in total. The lowest BCUT2D eigenvalue weighted by Gasteiger charge is -2.06. The Labute approximate surface area is 120 Å². The van der Waals surface area contributed by atoms with Crippen LogP contribution < -0.4 is 10.5 Å². The molecule has 2 atom stereocenters. The fraction of sp³-hybridized carbons (Fsp3) is 0.308. The van der Waals surface area contributed by atoms with Gasteiger partial charge in [-0.25, -0.2) is 4.79 Å². The van der Waals surface area contributed by atoms with Gasteiger partial charge < -0.3 is 25.8 Å². The lowest BCUT2D eigenvalue weighted by Crippen LogP contribution is -2.39. The Morgan fingerprint density at radius 2 is 1.71 bits per heavy atom. The van der Waals surface area contributed by atoms with Crippen LogP contribution in [0.4, 0.5) is 0 Å². The number of ether oxygens (including phenoxy) is 1. The molecule has 0 aliphatic carbocycles. The summed E-state index contributed by atoms with van der Waals surface area (Å²) in [6.45, 7) is 2.55. The van der Waals surface area contributed by atoms with E-state index in [0.717, 1.165) is 0 Å². The number of carbonyl (C=O) groups is 3. The van der Waals surface area contributed by atoms with Crippen molar-refractivity contribution in [3.8, 4) is 5.75 Å². The largest absolute Gasteiger partial charge is 0.480 e. The average molecular weight is 299 g/mol. The number of benzene rings is 1. The number of para-hydroxylation sites is 1. The number of nitrogens with two attached hydrogens (primary N) is 1. The fourth-order valence-corrected chi connectivity index (χ4v) is 1.09. The number of esters is 1. The topological polar surface area (TPSA) is 147 Å². The molecule has 0 saturated heterocycles. The van der Waals surface area contributed by atoms with Gasteiger partial charge in [0.15, 0.2) is 0 Å². The maximum atomic E-state index is 10.6. The number of carboxylic acid groups (broad SMARTS) is 2. The predicted molar refractivity (Wildman–Crippen MR) is 72.0 cm³/mol. The zero-order chi connectivity index (χ0) is 16.6. The van der Waals surface area contributed by atoms with Crippen molar-refractivity contribution in [2.45, 2.75) is 26.0 Å². The molecule has 0 aromatic heterocycles. The fourth-order valence-electron chi connectivity index (χ4n) is 1.09. The smallest absolute Gasteiger partial charge is 0.339 e. The van der Waals surface area contributed by atoms with Crippen molar-refractivity contribution in [3.63, 3.8) is 0 Å². The molecule has 21 heavy (non-hydrogen) atoms. The van der Waals surface area contributed by atoms with Crippen LogP contribution in [0.25, 0.3) is 0 Å². The van der Waals surface area contributed by atoms with Gasteiger partial charge in [-0.05, 0) is 19.1 Å². The molecule has 1 aromatic carbocycles. The first kappa shape index (κ1) is 18.6. The molecule has 8 heteroatoms. The molecule has 0 saturated carbocycles. The quantitative estimate of drug-likeness (QED) is 0.451. The zero-order valence-corrected chi connectivity index (χ0v) is 11.5. The SMILES string of the molecule is CC(=O)Oc1ccccc1C(=O)O.C[C@@H](O)[C@H](N)C(=O)O. The van der Waals surface area contributed by atoms with Gasteiger partial charge in [-0.3, -0.25) is 9.59 Å². The summed E-state index contributed by atoms with van der Waals surface area (Å²) in [6, 6.07) is 4.82. The van der Waals surface area contributed by atoms with Crippen molar-refractivity contribution in [2.24, 2.45) is 5.73 Å². The molecule has 0 spiro atoms. The Morgan fingerprint density at radius 3 is 2.05 bits per heavy atom. The van der Waals surface area contributed by atoms with E-state index < -0.39 is 30.1 Å². The minimum absolute atomic E-state index is 0.0160. The Balaban J connectivity index is 0.000000433. The van der Waals surface area contributed by atoms with Crippen molar-refractivity contribution < 1.29 is 34.4 Å². The van der Waals surface area contributed by atoms with Crippen LogP contribution in [-0.2, 0) is 9.59 Å². The van der Waals surface area contributed by atoms with Gasteiger partial charge in [0.1, 0.15) is 17.4 Å². The van der Waals surface area contributed by atoms with Gasteiger partial charge in [0.2, 0.25) is 0 Å². The number of hydrogen-bond donors (Lipinski definition) is 4. The van der Waals surface area contributed by atoms with Crippen molar-refractivity contribution in [2.75, 3.05) is 0 Å². The number of aromatic carboxylic acids is 1. The summed E-state index contributed by atoms with van der Waals surface area (Å²) in [6.07, 6.45) is -0.979. The molecule has 0 unspecified atom stereocenters. The summed E-state index contributed by atoms with van der Waals surface area (Å²) in [4.78, 5) is 31.0. The highest BCUT2D eigenvalue weighted by atomic mass is 16.5. The number of rotatable bonds is 4. The van der Waals surface area contributed by atoms with Crippen LogP contribution in [0.2, 0.25) is 0 Å². The maximum absolute atomic E-state index is 10.6. The van der Waals surface area contributed by atoms with Crippen LogP contribution in [0.3, 0.4) is 0 Å². The van der Waals surface area contributed by atoms with E-state index in [-0.39, 0.29) is 11.3 Å². The van der Waals surface area contributed by atoms with Crippen molar-refractivity contribution in [3.05, 3.63) is 29.8 Å². The molecular formula is C13H17NO7. The molecule has 8 nitrogen and oxygen atoms in total. The maximum Gasteiger partial charge on any atom is 0.339 e. The third-order valence-electron chi connectivity index (χ3n) is 2.18. The number of hydrogen-bond acceptors (Lipinski definition) is 6. The summed E-state index contributed by atoms with van der Waals surface area (Å²) in [5.74, 6) is -2.76. The van der Waals surface area contributed by atoms with Crippen LogP contribution >= 0.6 is 0 Å². The molecule has 0 radical (unpaired) electrons. The second kappa shape index (κ2) is 8.67. The van der Waals surface area contributed by atoms with Gasteiger partial charge in [0.05, 0.1) is 6.10 Å². The Kier molecular flexibility index (Phi) is 7.66. The number of carboxylic acids is 2. The summed E-state index contributed by atoms with van der Waals surface area (Å²) in [5.41, 5.74) is 4.89. The van der Waals surface area contributed by atoms with Crippen LogP contribution in [0.1, 0.15) is 24.2 Å². The molecular weight excluding hydrogens is 282 g/mol. The van der Waals surface area contributed by atoms with E-state index in [1.54, 1.807) is 12.1 Å². The van der Waals surface area contributed by atoms with E-state index in [4.69, 9.17) is 21.1 Å². The van der Waals surface area contributed by atoms with Gasteiger partial charge in [-0.15, -0.1) is 0 Å². The van der Waals surface area contributed by atoms with Crippen LogP contribution in [0.15, 0.2) is 24.3 Å². The number of aliphatic hydroxyl groups excluding tert-OH is 1. The molecule has 0 fully saturated rings. The van der Waals surface area contributed by atoms with Crippen LogP contribution in [0, 0.1) is 0 Å². The van der Waals surface area contributed by atoms with Gasteiger partial charge in [0.25, 0.3) is 0 Å². The van der Waals surface area contributed by atoms with E-state index in [9.17, 15) is 14.4 Å². The lowest BCUT2D eigenvalue weighted by atomic mass is 10.2. The van der Waals surface area contributed by atoms with Crippen molar-refractivity contribution >= 4 is 17.9 Å². The number of aliphatic carboxylic acids is 1. The van der Waals surface area contributed by atoms with Gasteiger partial charge >= 0.3 is 17.9 Å². The van der Waals surface area contributed by atoms with E-state index in [0.29, 0.717) is 0 Å². The molecule has 1 aromatic rings. The first-order chi connectivity index (χ1) is 9.66.